The van der Waals surface area contributed by atoms with Gasteiger partial charge in [-0.3, -0.25) is 9.59 Å². The number of amides is 1. The number of aliphatic carboxylic acids is 1. The van der Waals surface area contributed by atoms with E-state index in [2.05, 4.69) is 14.7 Å². The quantitative estimate of drug-likeness (QED) is 0.790. The fourth-order valence-electron chi connectivity index (χ4n) is 2.02. The Labute approximate surface area is 145 Å². The van der Waals surface area contributed by atoms with Crippen molar-refractivity contribution >= 4 is 11.9 Å². The van der Waals surface area contributed by atoms with Gasteiger partial charge in [0.05, 0.1) is 6.61 Å². The smallest absolute Gasteiger partial charge is 0.471 e. The largest absolute Gasteiger partial charge is 0.480 e. The Morgan fingerprint density at radius 1 is 1.27 bits per heavy atom. The van der Waals surface area contributed by atoms with Gasteiger partial charge in [0.2, 0.25) is 5.82 Å². The molecule has 1 aromatic carbocycles. The molecule has 0 spiro atoms. The highest BCUT2D eigenvalue weighted by Crippen LogP contribution is 2.29. The second-order valence-corrected chi connectivity index (χ2v) is 5.11. The second kappa shape index (κ2) is 7.95. The van der Waals surface area contributed by atoms with Gasteiger partial charge in [0, 0.05) is 24.8 Å². The average molecular weight is 373 g/mol. The molecule has 0 bridgehead atoms. The molecule has 11 heteroatoms. The van der Waals surface area contributed by atoms with E-state index < -0.39 is 30.5 Å². The minimum Gasteiger partial charge on any atom is -0.480 e. The molecule has 0 unspecified atom stereocenters. The van der Waals surface area contributed by atoms with Gasteiger partial charge >= 0.3 is 18.0 Å². The van der Waals surface area contributed by atoms with Gasteiger partial charge in [-0.15, -0.1) is 0 Å². The zero-order valence-corrected chi connectivity index (χ0v) is 13.5. The minimum atomic E-state index is -4.75. The third-order valence-electron chi connectivity index (χ3n) is 3.24. The summed E-state index contributed by atoms with van der Waals surface area (Å²) in [6, 6.07) is 5.35. The van der Waals surface area contributed by atoms with Gasteiger partial charge in [-0.1, -0.05) is 17.3 Å². The lowest BCUT2D eigenvalue weighted by Gasteiger charge is -2.20. The van der Waals surface area contributed by atoms with Crippen molar-refractivity contribution < 1.29 is 37.1 Å². The van der Waals surface area contributed by atoms with Crippen molar-refractivity contribution in [1.82, 2.24) is 15.0 Å². The zero-order chi connectivity index (χ0) is 19.3. The number of aromatic nitrogens is 2. The van der Waals surface area contributed by atoms with E-state index in [1.807, 2.05) is 0 Å². The van der Waals surface area contributed by atoms with Crippen molar-refractivity contribution in [1.29, 1.82) is 0 Å². The third kappa shape index (κ3) is 4.79. The molecule has 0 atom stereocenters. The summed E-state index contributed by atoms with van der Waals surface area (Å²) in [7, 11) is 1.42. The molecule has 0 fully saturated rings. The van der Waals surface area contributed by atoms with Crippen LogP contribution in [0.5, 0.6) is 0 Å². The van der Waals surface area contributed by atoms with Crippen molar-refractivity contribution in [2.24, 2.45) is 0 Å². The summed E-state index contributed by atoms with van der Waals surface area (Å²) in [4.78, 5) is 27.6. The first-order valence-corrected chi connectivity index (χ1v) is 7.23. The van der Waals surface area contributed by atoms with Gasteiger partial charge in [-0.2, -0.15) is 18.2 Å². The number of carbonyl (C=O) groups is 2. The number of methoxy groups -OCH3 is 1. The van der Waals surface area contributed by atoms with Crippen LogP contribution < -0.4 is 0 Å². The Morgan fingerprint density at radius 3 is 2.42 bits per heavy atom. The normalized spacial score (nSPS) is 11.4. The van der Waals surface area contributed by atoms with Crippen LogP contribution >= 0.6 is 0 Å². The molecule has 1 N–H and O–H groups in total. The number of carbonyl (C=O) groups excluding carboxylic acids is 1. The number of carboxylic acid groups (broad SMARTS) is 1. The summed E-state index contributed by atoms with van der Waals surface area (Å²) in [5.41, 5.74) is 0.369. The molecule has 0 aliphatic rings. The lowest BCUT2D eigenvalue weighted by molar-refractivity contribution is -0.159. The van der Waals surface area contributed by atoms with Crippen molar-refractivity contribution in [2.45, 2.75) is 6.18 Å². The van der Waals surface area contributed by atoms with Crippen LogP contribution in [0.15, 0.2) is 28.8 Å². The fourth-order valence-corrected chi connectivity index (χ4v) is 2.02. The number of ether oxygens (including phenoxy) is 1. The van der Waals surface area contributed by atoms with Crippen molar-refractivity contribution in [3.63, 3.8) is 0 Å². The van der Waals surface area contributed by atoms with Gasteiger partial charge in [0.1, 0.15) is 6.54 Å². The van der Waals surface area contributed by atoms with Gasteiger partial charge in [0.15, 0.2) is 0 Å². The lowest BCUT2D eigenvalue weighted by atomic mass is 10.1. The van der Waals surface area contributed by atoms with Crippen LogP contribution in [0.2, 0.25) is 0 Å². The van der Waals surface area contributed by atoms with Gasteiger partial charge < -0.3 is 19.3 Å². The van der Waals surface area contributed by atoms with Crippen LogP contribution in [0.1, 0.15) is 16.2 Å². The topological polar surface area (TPSA) is 106 Å². The zero-order valence-electron chi connectivity index (χ0n) is 13.5. The molecule has 140 valence electrons. The molecular weight excluding hydrogens is 359 g/mol. The van der Waals surface area contributed by atoms with Crippen molar-refractivity contribution in [2.75, 3.05) is 26.8 Å². The summed E-state index contributed by atoms with van der Waals surface area (Å²) in [5, 5.41) is 12.1. The van der Waals surface area contributed by atoms with E-state index in [9.17, 15) is 22.8 Å². The lowest BCUT2D eigenvalue weighted by Crippen LogP contribution is -2.37. The molecule has 0 saturated heterocycles. The molecule has 1 amide bonds. The Bertz CT molecular complexity index is 774. The van der Waals surface area contributed by atoms with E-state index in [4.69, 9.17) is 9.84 Å². The van der Waals surface area contributed by atoms with Gasteiger partial charge in [-0.05, 0) is 12.1 Å². The second-order valence-electron chi connectivity index (χ2n) is 5.11. The molecule has 1 aromatic heterocycles. The molecule has 0 saturated carbocycles. The Morgan fingerprint density at radius 2 is 1.92 bits per heavy atom. The Balaban J connectivity index is 2.18. The molecule has 8 nitrogen and oxygen atoms in total. The standard InChI is InChI=1S/C15H14F3N3O5/c1-25-7-6-21(8-11(22)23)13(24)10-4-2-9(3-5-10)12-19-14(26-20-12)15(16,17)18/h2-5H,6-8H2,1H3,(H,22,23). The van der Waals surface area contributed by atoms with E-state index in [1.165, 1.54) is 31.4 Å². The summed E-state index contributed by atoms with van der Waals surface area (Å²) in [6.07, 6.45) is -4.75. The SMILES string of the molecule is COCCN(CC(=O)O)C(=O)c1ccc(-c2noc(C(F)(F)F)n2)cc1. The molecule has 1 heterocycles. The van der Waals surface area contributed by atoms with Crippen LogP contribution in [0.3, 0.4) is 0 Å². The number of carboxylic acids is 1. The predicted molar refractivity (Wildman–Crippen MR) is 80.2 cm³/mol. The number of hydrogen-bond acceptors (Lipinski definition) is 6. The minimum absolute atomic E-state index is 0.0726. The van der Waals surface area contributed by atoms with E-state index in [0.29, 0.717) is 0 Å². The van der Waals surface area contributed by atoms with E-state index in [0.717, 1.165) is 4.90 Å². The maximum Gasteiger partial charge on any atom is 0.471 e. The first-order chi connectivity index (χ1) is 12.2. The van der Waals surface area contributed by atoms with Gasteiger partial charge in [0.25, 0.3) is 5.91 Å². The molecule has 0 aliphatic heterocycles. The summed E-state index contributed by atoms with van der Waals surface area (Å²) in [5.74, 6) is -3.49. The Kier molecular flexibility index (Phi) is 5.93. The van der Waals surface area contributed by atoms with Crippen LogP contribution in [0, 0.1) is 0 Å². The molecule has 2 rings (SSSR count). The highest BCUT2D eigenvalue weighted by Gasteiger charge is 2.38. The number of benzene rings is 1. The van der Waals surface area contributed by atoms with Crippen LogP contribution in [-0.2, 0) is 15.7 Å². The molecular formula is C15H14F3N3O5. The highest BCUT2D eigenvalue weighted by atomic mass is 19.4. The number of alkyl halides is 3. The van der Waals surface area contributed by atoms with Crippen LogP contribution in [0.25, 0.3) is 11.4 Å². The van der Waals surface area contributed by atoms with E-state index >= 15 is 0 Å². The average Bonchev–Trinajstić information content (AvgIpc) is 3.08. The third-order valence-corrected chi connectivity index (χ3v) is 3.24. The number of rotatable bonds is 7. The monoisotopic (exact) mass is 373 g/mol. The molecule has 26 heavy (non-hydrogen) atoms. The van der Waals surface area contributed by atoms with Crippen LogP contribution in [-0.4, -0.2) is 58.8 Å². The molecule has 2 aromatic rings. The summed E-state index contributed by atoms with van der Waals surface area (Å²) < 4.78 is 46.4. The highest BCUT2D eigenvalue weighted by molar-refractivity contribution is 5.96. The first-order valence-electron chi connectivity index (χ1n) is 7.23. The number of nitrogens with zero attached hydrogens (tertiary/aromatic N) is 3. The van der Waals surface area contributed by atoms with Crippen molar-refractivity contribution in [3.8, 4) is 11.4 Å². The number of hydrogen-bond donors (Lipinski definition) is 1. The first kappa shape index (κ1) is 19.4. The molecule has 0 aliphatic carbocycles. The fraction of sp³-hybridized carbons (Fsp3) is 0.333. The molecule has 0 radical (unpaired) electrons. The van der Waals surface area contributed by atoms with E-state index in [-0.39, 0.29) is 30.1 Å². The van der Waals surface area contributed by atoms with Crippen LogP contribution in [0.4, 0.5) is 13.2 Å². The maximum absolute atomic E-state index is 12.5. The predicted octanol–water partition coefficient (Wildman–Crippen LogP) is 1.93. The number of halogens is 3. The summed E-state index contributed by atoms with van der Waals surface area (Å²) in [6.45, 7) is -0.285. The van der Waals surface area contributed by atoms with E-state index in [1.54, 1.807) is 0 Å². The Hall–Kier alpha value is -2.95. The maximum atomic E-state index is 12.5. The summed E-state index contributed by atoms with van der Waals surface area (Å²) >= 11 is 0. The van der Waals surface area contributed by atoms with Gasteiger partial charge in [-0.25, -0.2) is 0 Å². The van der Waals surface area contributed by atoms with Crippen molar-refractivity contribution in [3.05, 3.63) is 35.7 Å².